The van der Waals surface area contributed by atoms with Crippen molar-refractivity contribution in [2.24, 2.45) is 4.99 Å². The Kier molecular flexibility index (Phi) is 6.27. The Morgan fingerprint density at radius 1 is 1.15 bits per heavy atom. The summed E-state index contributed by atoms with van der Waals surface area (Å²) < 4.78 is 7.19. The maximum Gasteiger partial charge on any atom is 0.312 e. The number of aryl methyl sites for hydroxylation is 1. The molecule has 0 aliphatic carbocycles. The largest absolute Gasteiger partial charge is 0.479 e. The van der Waals surface area contributed by atoms with Crippen molar-refractivity contribution in [2.45, 2.75) is 26.2 Å². The van der Waals surface area contributed by atoms with Gasteiger partial charge in [-0.1, -0.05) is 41.4 Å². The number of nitrogens with zero attached hydrogens (tertiary/aromatic N) is 2. The minimum absolute atomic E-state index is 0.243. The third-order valence-corrected chi connectivity index (χ3v) is 5.02. The van der Waals surface area contributed by atoms with Crippen LogP contribution in [0.15, 0.2) is 60.8 Å². The van der Waals surface area contributed by atoms with E-state index in [1.165, 1.54) is 24.6 Å². The first-order valence-corrected chi connectivity index (χ1v) is 9.93. The molecule has 6 heteroatoms. The zero-order valence-corrected chi connectivity index (χ0v) is 17.4. The molecule has 134 valence electrons. The Labute approximate surface area is 169 Å². The molecule has 1 aromatic heterocycles. The van der Waals surface area contributed by atoms with E-state index in [1.807, 2.05) is 30.3 Å². The molecule has 3 aromatic rings. The second-order valence-corrected chi connectivity index (χ2v) is 7.63. The van der Waals surface area contributed by atoms with Crippen molar-refractivity contribution >= 4 is 43.8 Å². The first-order chi connectivity index (χ1) is 12.6. The lowest BCUT2D eigenvalue weighted by atomic mass is 10.1. The van der Waals surface area contributed by atoms with Crippen LogP contribution in [0.25, 0.3) is 11.5 Å². The third-order valence-electron chi connectivity index (χ3n) is 3.89. The molecular formula is C20H18Br2N2O2. The van der Waals surface area contributed by atoms with Gasteiger partial charge in [-0.25, -0.2) is 4.98 Å². The fourth-order valence-corrected chi connectivity index (χ4v) is 3.59. The molecular weight excluding hydrogens is 460 g/mol. The Morgan fingerprint density at radius 3 is 2.62 bits per heavy atom. The van der Waals surface area contributed by atoms with Gasteiger partial charge in [0.25, 0.3) is 0 Å². The summed E-state index contributed by atoms with van der Waals surface area (Å²) in [6.45, 7) is 2.18. The maximum atomic E-state index is 10.0. The van der Waals surface area contributed by atoms with Crippen LogP contribution in [0.5, 0.6) is 5.95 Å². The predicted octanol–water partition coefficient (Wildman–Crippen LogP) is 6.67. The summed E-state index contributed by atoms with van der Waals surface area (Å²) in [6.07, 6.45) is 4.90. The minimum Gasteiger partial charge on any atom is -0.479 e. The van der Waals surface area contributed by atoms with Gasteiger partial charge in [0.15, 0.2) is 5.69 Å². The standard InChI is InChI=1S/C20H18Br2N2O2/c1-2-3-4-13-5-7-14(8-6-13)19-24-18(20(25)26-19)12-23-17-10-9-15(21)11-16(17)22/h5-12,25H,2-4H2,1H3. The molecule has 1 heterocycles. The average Bonchev–Trinajstić information content (AvgIpc) is 3.00. The number of oxazole rings is 1. The van der Waals surface area contributed by atoms with Gasteiger partial charge >= 0.3 is 5.95 Å². The summed E-state index contributed by atoms with van der Waals surface area (Å²) in [4.78, 5) is 8.70. The first-order valence-electron chi connectivity index (χ1n) is 8.35. The summed E-state index contributed by atoms with van der Waals surface area (Å²) in [5.41, 5.74) is 3.14. The molecule has 4 nitrogen and oxygen atoms in total. The number of hydrogen-bond acceptors (Lipinski definition) is 4. The lowest BCUT2D eigenvalue weighted by Gasteiger charge is -2.00. The first kappa shape index (κ1) is 18.9. The quantitative estimate of drug-likeness (QED) is 0.403. The molecule has 0 spiro atoms. The highest BCUT2D eigenvalue weighted by Gasteiger charge is 2.12. The molecule has 0 aliphatic heterocycles. The number of benzene rings is 2. The van der Waals surface area contributed by atoms with Crippen LogP contribution >= 0.6 is 31.9 Å². The number of unbranched alkanes of at least 4 members (excludes halogenated alkanes) is 1. The Hall–Kier alpha value is -1.92. The fourth-order valence-electron chi connectivity index (χ4n) is 2.44. The topological polar surface area (TPSA) is 58.6 Å². The van der Waals surface area contributed by atoms with Gasteiger partial charge in [-0.2, -0.15) is 0 Å². The molecule has 0 bridgehead atoms. The maximum absolute atomic E-state index is 10.0. The van der Waals surface area contributed by atoms with Crippen LogP contribution in [0.3, 0.4) is 0 Å². The van der Waals surface area contributed by atoms with E-state index < -0.39 is 0 Å². The van der Waals surface area contributed by atoms with Crippen molar-refractivity contribution in [1.29, 1.82) is 0 Å². The van der Waals surface area contributed by atoms with Crippen molar-refractivity contribution in [2.75, 3.05) is 0 Å². The molecule has 3 rings (SSSR count). The van der Waals surface area contributed by atoms with Crippen molar-refractivity contribution in [3.8, 4) is 17.4 Å². The molecule has 0 amide bonds. The predicted molar refractivity (Wildman–Crippen MR) is 111 cm³/mol. The van der Waals surface area contributed by atoms with Crippen LogP contribution in [-0.2, 0) is 6.42 Å². The van der Waals surface area contributed by atoms with Crippen molar-refractivity contribution in [3.05, 3.63) is 62.7 Å². The monoisotopic (exact) mass is 476 g/mol. The van der Waals surface area contributed by atoms with Gasteiger partial charge in [0, 0.05) is 14.5 Å². The molecule has 0 fully saturated rings. The summed E-state index contributed by atoms with van der Waals surface area (Å²) >= 11 is 6.86. The smallest absolute Gasteiger partial charge is 0.312 e. The van der Waals surface area contributed by atoms with Gasteiger partial charge < -0.3 is 9.52 Å². The van der Waals surface area contributed by atoms with E-state index in [9.17, 15) is 5.11 Å². The summed E-state index contributed by atoms with van der Waals surface area (Å²) in [5.74, 6) is 0.132. The van der Waals surface area contributed by atoms with E-state index in [-0.39, 0.29) is 5.95 Å². The fraction of sp³-hybridized carbons (Fsp3) is 0.200. The van der Waals surface area contributed by atoms with Crippen molar-refractivity contribution in [3.63, 3.8) is 0 Å². The Bertz CT molecular complexity index is 918. The summed E-state index contributed by atoms with van der Waals surface area (Å²) in [7, 11) is 0. The molecule has 1 N–H and O–H groups in total. The van der Waals surface area contributed by atoms with E-state index in [0.717, 1.165) is 26.6 Å². The van der Waals surface area contributed by atoms with E-state index in [1.54, 1.807) is 0 Å². The van der Waals surface area contributed by atoms with Gasteiger partial charge in [0.05, 0.1) is 11.9 Å². The molecule has 2 aromatic carbocycles. The number of hydrogen-bond donors (Lipinski definition) is 1. The Morgan fingerprint density at radius 2 is 1.92 bits per heavy atom. The van der Waals surface area contributed by atoms with Gasteiger partial charge in [0.1, 0.15) is 0 Å². The van der Waals surface area contributed by atoms with Crippen molar-refractivity contribution in [1.82, 2.24) is 4.98 Å². The van der Waals surface area contributed by atoms with Gasteiger partial charge in [-0.15, -0.1) is 0 Å². The molecule has 26 heavy (non-hydrogen) atoms. The van der Waals surface area contributed by atoms with E-state index >= 15 is 0 Å². The minimum atomic E-state index is -0.243. The van der Waals surface area contributed by atoms with Crippen LogP contribution in [0.1, 0.15) is 31.0 Å². The highest BCUT2D eigenvalue weighted by atomic mass is 79.9. The molecule has 0 aliphatic rings. The summed E-state index contributed by atoms with van der Waals surface area (Å²) in [5, 5.41) is 10.0. The van der Waals surface area contributed by atoms with E-state index in [0.29, 0.717) is 11.6 Å². The van der Waals surface area contributed by atoms with Crippen LogP contribution in [0, 0.1) is 0 Å². The van der Waals surface area contributed by atoms with Crippen LogP contribution in [-0.4, -0.2) is 16.3 Å². The number of halogens is 2. The highest BCUT2D eigenvalue weighted by molar-refractivity contribution is 9.11. The van der Waals surface area contributed by atoms with E-state index in [2.05, 4.69) is 60.9 Å². The lowest BCUT2D eigenvalue weighted by molar-refractivity contribution is 0.337. The highest BCUT2D eigenvalue weighted by Crippen LogP contribution is 2.30. The molecule has 0 saturated carbocycles. The van der Waals surface area contributed by atoms with Gasteiger partial charge in [0.2, 0.25) is 5.89 Å². The average molecular weight is 478 g/mol. The van der Waals surface area contributed by atoms with Gasteiger partial charge in [-0.05, 0) is 64.7 Å². The van der Waals surface area contributed by atoms with Gasteiger partial charge in [-0.3, -0.25) is 4.99 Å². The molecule has 0 saturated heterocycles. The SMILES string of the molecule is CCCCc1ccc(-c2nc(C=Nc3ccc(Br)cc3Br)c(O)o2)cc1. The Balaban J connectivity index is 1.79. The number of aromatic hydroxyl groups is 1. The number of aromatic nitrogens is 1. The normalized spacial score (nSPS) is 11.3. The molecule has 0 unspecified atom stereocenters. The van der Waals surface area contributed by atoms with Crippen LogP contribution in [0.4, 0.5) is 5.69 Å². The molecule has 0 radical (unpaired) electrons. The zero-order valence-electron chi connectivity index (χ0n) is 14.2. The molecule has 0 atom stereocenters. The van der Waals surface area contributed by atoms with E-state index in [4.69, 9.17) is 4.42 Å². The number of aliphatic imine (C=N–C) groups is 1. The summed E-state index contributed by atoms with van der Waals surface area (Å²) in [6, 6.07) is 13.7. The van der Waals surface area contributed by atoms with Crippen LogP contribution in [0.2, 0.25) is 0 Å². The third kappa shape index (κ3) is 4.62. The van der Waals surface area contributed by atoms with Crippen LogP contribution < -0.4 is 0 Å². The lowest BCUT2D eigenvalue weighted by Crippen LogP contribution is -1.86. The second kappa shape index (κ2) is 8.64. The second-order valence-electron chi connectivity index (χ2n) is 5.86. The number of rotatable bonds is 6. The zero-order chi connectivity index (χ0) is 18.5. The van der Waals surface area contributed by atoms with Crippen molar-refractivity contribution < 1.29 is 9.52 Å².